The van der Waals surface area contributed by atoms with Gasteiger partial charge in [-0.25, -0.2) is 0 Å². The molecule has 2 heterocycles. The number of pyridine rings is 1. The van der Waals surface area contributed by atoms with Crippen molar-refractivity contribution in [3.8, 4) is 0 Å². The predicted molar refractivity (Wildman–Crippen MR) is 69.0 cm³/mol. The normalized spacial score (nSPS) is 10.3. The van der Waals surface area contributed by atoms with Gasteiger partial charge in [-0.1, -0.05) is 18.3 Å². The van der Waals surface area contributed by atoms with Crippen molar-refractivity contribution in [3.63, 3.8) is 0 Å². The Morgan fingerprint density at radius 2 is 2.28 bits per heavy atom. The van der Waals surface area contributed by atoms with Crippen molar-refractivity contribution >= 4 is 22.4 Å². The van der Waals surface area contributed by atoms with Crippen molar-refractivity contribution in [3.05, 3.63) is 38.8 Å². The Balaban J connectivity index is 2.19. The van der Waals surface area contributed by atoms with E-state index in [0.717, 1.165) is 11.4 Å². The SMILES string of the molecule is CCc1nnc(NC(=O)c2c[nH]c(C)cc2=O)s1. The molecule has 0 aliphatic heterocycles. The molecule has 0 fully saturated rings. The number of amides is 1. The first-order valence-corrected chi connectivity index (χ1v) is 6.25. The van der Waals surface area contributed by atoms with E-state index in [-0.39, 0.29) is 11.0 Å². The number of aryl methyl sites for hydroxylation is 2. The van der Waals surface area contributed by atoms with Gasteiger partial charge in [0.1, 0.15) is 10.6 Å². The zero-order chi connectivity index (χ0) is 13.1. The van der Waals surface area contributed by atoms with Gasteiger partial charge >= 0.3 is 0 Å². The molecule has 0 unspecified atom stereocenters. The number of rotatable bonds is 3. The van der Waals surface area contributed by atoms with E-state index < -0.39 is 5.91 Å². The minimum absolute atomic E-state index is 0.0637. The van der Waals surface area contributed by atoms with Gasteiger partial charge < -0.3 is 4.98 Å². The molecule has 2 aromatic heterocycles. The van der Waals surface area contributed by atoms with Crippen LogP contribution in [0.1, 0.15) is 28.0 Å². The Bertz CT molecular complexity index is 632. The monoisotopic (exact) mass is 264 g/mol. The van der Waals surface area contributed by atoms with Crippen LogP contribution in [0.25, 0.3) is 0 Å². The van der Waals surface area contributed by atoms with Crippen molar-refractivity contribution in [2.75, 3.05) is 5.32 Å². The lowest BCUT2D eigenvalue weighted by Gasteiger charge is -2.00. The molecule has 2 N–H and O–H groups in total. The summed E-state index contributed by atoms with van der Waals surface area (Å²) in [5.74, 6) is -0.477. The minimum Gasteiger partial charge on any atom is -0.364 e. The Hall–Kier alpha value is -2.02. The highest BCUT2D eigenvalue weighted by molar-refractivity contribution is 7.15. The first-order chi connectivity index (χ1) is 8.60. The molecule has 0 bridgehead atoms. The second kappa shape index (κ2) is 5.09. The standard InChI is InChI=1S/C11H12N4O2S/c1-3-9-14-15-11(18-9)13-10(17)7-5-12-6(2)4-8(7)16/h4-5H,3H2,1-2H3,(H,12,16)(H,13,15,17). The molecule has 0 saturated carbocycles. The summed E-state index contributed by atoms with van der Waals surface area (Å²) in [6.07, 6.45) is 2.16. The highest BCUT2D eigenvalue weighted by atomic mass is 32.1. The Morgan fingerprint density at radius 3 is 2.89 bits per heavy atom. The van der Waals surface area contributed by atoms with E-state index in [2.05, 4.69) is 20.5 Å². The highest BCUT2D eigenvalue weighted by Crippen LogP contribution is 2.15. The summed E-state index contributed by atoms with van der Waals surface area (Å²) in [6, 6.07) is 1.38. The van der Waals surface area contributed by atoms with Crippen LogP contribution in [0.15, 0.2) is 17.1 Å². The van der Waals surface area contributed by atoms with Gasteiger partial charge in [0, 0.05) is 18.0 Å². The fourth-order valence-corrected chi connectivity index (χ4v) is 2.04. The number of carbonyl (C=O) groups excluding carboxylic acids is 1. The summed E-state index contributed by atoms with van der Waals surface area (Å²) in [5, 5.41) is 11.5. The fourth-order valence-electron chi connectivity index (χ4n) is 1.36. The second-order valence-electron chi connectivity index (χ2n) is 3.70. The molecule has 2 aromatic rings. The molecular weight excluding hydrogens is 252 g/mol. The lowest BCUT2D eigenvalue weighted by atomic mass is 10.2. The minimum atomic E-state index is -0.477. The summed E-state index contributed by atoms with van der Waals surface area (Å²) in [6.45, 7) is 3.71. The lowest BCUT2D eigenvalue weighted by molar-refractivity contribution is 0.102. The van der Waals surface area contributed by atoms with Gasteiger partial charge in [0.25, 0.3) is 5.91 Å². The molecule has 1 amide bonds. The summed E-state index contributed by atoms with van der Waals surface area (Å²) < 4.78 is 0. The maximum atomic E-state index is 11.9. The molecule has 2 rings (SSSR count). The van der Waals surface area contributed by atoms with E-state index in [9.17, 15) is 9.59 Å². The maximum Gasteiger partial charge on any atom is 0.262 e. The summed E-state index contributed by atoms with van der Waals surface area (Å²) in [4.78, 5) is 26.3. The van der Waals surface area contributed by atoms with Gasteiger partial charge in [-0.15, -0.1) is 10.2 Å². The van der Waals surface area contributed by atoms with Crippen LogP contribution in [0, 0.1) is 6.92 Å². The molecule has 0 saturated heterocycles. The van der Waals surface area contributed by atoms with Crippen LogP contribution in [-0.2, 0) is 6.42 Å². The van der Waals surface area contributed by atoms with Crippen LogP contribution in [-0.4, -0.2) is 21.1 Å². The summed E-state index contributed by atoms with van der Waals surface area (Å²) >= 11 is 1.30. The molecule has 7 heteroatoms. The highest BCUT2D eigenvalue weighted by Gasteiger charge is 2.12. The van der Waals surface area contributed by atoms with Crippen LogP contribution >= 0.6 is 11.3 Å². The van der Waals surface area contributed by atoms with E-state index in [4.69, 9.17) is 0 Å². The lowest BCUT2D eigenvalue weighted by Crippen LogP contribution is -2.21. The number of nitrogens with zero attached hydrogens (tertiary/aromatic N) is 2. The maximum absolute atomic E-state index is 11.9. The first kappa shape index (κ1) is 12.4. The van der Waals surface area contributed by atoms with Gasteiger partial charge in [-0.05, 0) is 13.3 Å². The van der Waals surface area contributed by atoms with Crippen LogP contribution in [0.3, 0.4) is 0 Å². The third kappa shape index (κ3) is 2.62. The van der Waals surface area contributed by atoms with Gasteiger partial charge in [0.2, 0.25) is 5.13 Å². The largest absolute Gasteiger partial charge is 0.364 e. The van der Waals surface area contributed by atoms with Crippen molar-refractivity contribution in [2.45, 2.75) is 20.3 Å². The smallest absolute Gasteiger partial charge is 0.262 e. The molecule has 0 radical (unpaired) electrons. The summed E-state index contributed by atoms with van der Waals surface area (Å²) in [7, 11) is 0. The van der Waals surface area contributed by atoms with Crippen LogP contribution < -0.4 is 10.7 Å². The predicted octanol–water partition coefficient (Wildman–Crippen LogP) is 1.35. The molecule has 0 aliphatic carbocycles. The van der Waals surface area contributed by atoms with Crippen LogP contribution in [0.4, 0.5) is 5.13 Å². The van der Waals surface area contributed by atoms with E-state index in [1.807, 2.05) is 6.92 Å². The molecule has 0 atom stereocenters. The molecule has 0 aromatic carbocycles. The number of aromatic nitrogens is 3. The Labute approximate surface area is 107 Å². The number of hydrogen-bond donors (Lipinski definition) is 2. The first-order valence-electron chi connectivity index (χ1n) is 5.43. The van der Waals surface area contributed by atoms with E-state index in [1.165, 1.54) is 23.6 Å². The van der Waals surface area contributed by atoms with E-state index in [0.29, 0.717) is 10.8 Å². The van der Waals surface area contributed by atoms with Crippen LogP contribution in [0.2, 0.25) is 0 Å². The zero-order valence-corrected chi connectivity index (χ0v) is 10.8. The van der Waals surface area contributed by atoms with Crippen molar-refractivity contribution < 1.29 is 4.79 Å². The number of hydrogen-bond acceptors (Lipinski definition) is 5. The third-order valence-corrected chi connectivity index (χ3v) is 3.27. The van der Waals surface area contributed by atoms with Gasteiger partial charge in [-0.3, -0.25) is 14.9 Å². The van der Waals surface area contributed by atoms with Gasteiger partial charge in [0.05, 0.1) is 0 Å². The number of anilines is 1. The molecule has 6 nitrogen and oxygen atoms in total. The van der Waals surface area contributed by atoms with Crippen molar-refractivity contribution in [1.82, 2.24) is 15.2 Å². The molecule has 0 aliphatic rings. The Morgan fingerprint density at radius 1 is 1.50 bits per heavy atom. The second-order valence-corrected chi connectivity index (χ2v) is 4.76. The number of H-pyrrole nitrogens is 1. The molecular formula is C11H12N4O2S. The van der Waals surface area contributed by atoms with E-state index in [1.54, 1.807) is 6.92 Å². The average Bonchev–Trinajstić information content (AvgIpc) is 2.76. The van der Waals surface area contributed by atoms with Crippen molar-refractivity contribution in [2.24, 2.45) is 0 Å². The quantitative estimate of drug-likeness (QED) is 0.876. The average molecular weight is 264 g/mol. The molecule has 18 heavy (non-hydrogen) atoms. The zero-order valence-electron chi connectivity index (χ0n) is 9.98. The number of aromatic amines is 1. The topological polar surface area (TPSA) is 87.7 Å². The fraction of sp³-hybridized carbons (Fsp3) is 0.273. The van der Waals surface area contributed by atoms with E-state index >= 15 is 0 Å². The summed E-state index contributed by atoms with van der Waals surface area (Å²) in [5.41, 5.74) is 0.457. The molecule has 94 valence electrons. The Kier molecular flexibility index (Phi) is 3.52. The van der Waals surface area contributed by atoms with Gasteiger partial charge in [-0.2, -0.15) is 0 Å². The van der Waals surface area contributed by atoms with Gasteiger partial charge in [0.15, 0.2) is 5.43 Å². The number of nitrogens with one attached hydrogen (secondary N) is 2. The molecule has 0 spiro atoms. The van der Waals surface area contributed by atoms with Crippen LogP contribution in [0.5, 0.6) is 0 Å². The third-order valence-electron chi connectivity index (χ3n) is 2.29. The number of carbonyl (C=O) groups is 1. The van der Waals surface area contributed by atoms with Crippen molar-refractivity contribution in [1.29, 1.82) is 0 Å².